The molecule has 0 saturated heterocycles. The molecule has 0 bridgehead atoms. The van der Waals surface area contributed by atoms with Gasteiger partial charge in [-0.25, -0.2) is 9.37 Å². The van der Waals surface area contributed by atoms with Gasteiger partial charge >= 0.3 is 0 Å². The molecule has 0 spiro atoms. The molecular weight excluding hydrogens is 408 g/mol. The molecule has 0 unspecified atom stereocenters. The summed E-state index contributed by atoms with van der Waals surface area (Å²) in [5, 5.41) is 4.82. The van der Waals surface area contributed by atoms with Crippen LogP contribution in [0, 0.1) is 9.39 Å². The van der Waals surface area contributed by atoms with Crippen molar-refractivity contribution in [2.24, 2.45) is 0 Å². The molecule has 1 aliphatic heterocycles. The van der Waals surface area contributed by atoms with E-state index < -0.39 is 5.82 Å². The quantitative estimate of drug-likeness (QED) is 0.781. The van der Waals surface area contributed by atoms with Crippen molar-refractivity contribution in [3.8, 4) is 0 Å². The van der Waals surface area contributed by atoms with Gasteiger partial charge in [-0.15, -0.1) is 11.3 Å². The van der Waals surface area contributed by atoms with E-state index in [4.69, 9.17) is 0 Å². The van der Waals surface area contributed by atoms with E-state index in [0.29, 0.717) is 19.8 Å². The van der Waals surface area contributed by atoms with Gasteiger partial charge in [-0.3, -0.25) is 9.59 Å². The van der Waals surface area contributed by atoms with Crippen LogP contribution in [-0.2, 0) is 11.3 Å². The first-order valence-corrected chi connectivity index (χ1v) is 7.97. The van der Waals surface area contributed by atoms with Crippen LogP contribution in [0.4, 0.5) is 9.52 Å². The zero-order chi connectivity index (χ0) is 15.0. The Morgan fingerprint density at radius 1 is 1.52 bits per heavy atom. The molecule has 108 valence electrons. The summed E-state index contributed by atoms with van der Waals surface area (Å²) in [4.78, 5) is 29.3. The second kappa shape index (κ2) is 5.68. The van der Waals surface area contributed by atoms with Gasteiger partial charge in [-0.05, 0) is 34.7 Å². The van der Waals surface area contributed by atoms with Crippen LogP contribution in [0.5, 0.6) is 0 Å². The molecule has 3 rings (SSSR count). The van der Waals surface area contributed by atoms with Crippen molar-refractivity contribution in [1.82, 2.24) is 9.88 Å². The lowest BCUT2D eigenvalue weighted by Gasteiger charge is -2.14. The van der Waals surface area contributed by atoms with Gasteiger partial charge in [0.2, 0.25) is 5.91 Å². The van der Waals surface area contributed by atoms with Crippen LogP contribution in [0.15, 0.2) is 23.7 Å². The number of rotatable bonds is 3. The van der Waals surface area contributed by atoms with Crippen LogP contribution in [0.1, 0.15) is 15.9 Å². The zero-order valence-corrected chi connectivity index (χ0v) is 13.6. The number of fused-ring (bicyclic) bond motifs is 1. The number of thiazole rings is 1. The summed E-state index contributed by atoms with van der Waals surface area (Å²) in [6.07, 6.45) is 1.58. The molecule has 8 heteroatoms. The number of amides is 2. The molecule has 1 aliphatic rings. The van der Waals surface area contributed by atoms with Crippen molar-refractivity contribution >= 4 is 50.9 Å². The van der Waals surface area contributed by atoms with Gasteiger partial charge < -0.3 is 10.2 Å². The van der Waals surface area contributed by atoms with Crippen LogP contribution in [0.2, 0.25) is 0 Å². The van der Waals surface area contributed by atoms with Crippen molar-refractivity contribution < 1.29 is 14.0 Å². The molecule has 1 N–H and O–H groups in total. The SMILES string of the molecule is O=C(CN1Cc2c(F)cc(I)cc2C1=O)Nc1nccs1. The number of nitrogens with zero attached hydrogens (tertiary/aromatic N) is 2. The maximum absolute atomic E-state index is 13.8. The second-order valence-electron chi connectivity index (χ2n) is 4.46. The van der Waals surface area contributed by atoms with Gasteiger partial charge in [-0.2, -0.15) is 0 Å². The molecule has 2 amide bonds. The lowest BCUT2D eigenvalue weighted by atomic mass is 10.1. The molecule has 5 nitrogen and oxygen atoms in total. The number of aromatic nitrogens is 1. The van der Waals surface area contributed by atoms with Crippen LogP contribution in [0.3, 0.4) is 0 Å². The van der Waals surface area contributed by atoms with E-state index in [0.717, 1.165) is 0 Å². The molecule has 0 saturated carbocycles. The highest BCUT2D eigenvalue weighted by molar-refractivity contribution is 14.1. The van der Waals surface area contributed by atoms with E-state index in [1.807, 2.05) is 22.6 Å². The average molecular weight is 417 g/mol. The number of benzene rings is 1. The second-order valence-corrected chi connectivity index (χ2v) is 6.60. The highest BCUT2D eigenvalue weighted by Crippen LogP contribution is 2.27. The molecule has 0 fully saturated rings. The molecule has 2 heterocycles. The largest absolute Gasteiger partial charge is 0.325 e. The van der Waals surface area contributed by atoms with E-state index in [9.17, 15) is 14.0 Å². The van der Waals surface area contributed by atoms with E-state index >= 15 is 0 Å². The first kappa shape index (κ1) is 14.4. The van der Waals surface area contributed by atoms with Gasteiger partial charge in [0, 0.05) is 26.3 Å². The number of carbonyl (C=O) groups is 2. The predicted octanol–water partition coefficient (Wildman–Crippen LogP) is 2.48. The minimum atomic E-state index is -0.409. The smallest absolute Gasteiger partial charge is 0.255 e. The third-order valence-corrected chi connectivity index (χ3v) is 4.35. The monoisotopic (exact) mass is 417 g/mol. The lowest BCUT2D eigenvalue weighted by molar-refractivity contribution is -0.116. The average Bonchev–Trinajstić information content (AvgIpc) is 3.01. The molecule has 0 aliphatic carbocycles. The van der Waals surface area contributed by atoms with Crippen LogP contribution in [-0.4, -0.2) is 28.2 Å². The Kier molecular flexibility index (Phi) is 3.89. The van der Waals surface area contributed by atoms with Crippen molar-refractivity contribution in [3.63, 3.8) is 0 Å². The molecule has 21 heavy (non-hydrogen) atoms. The maximum atomic E-state index is 13.8. The Labute approximate surface area is 137 Å². The van der Waals surface area contributed by atoms with Gasteiger partial charge in [0.15, 0.2) is 5.13 Å². The zero-order valence-electron chi connectivity index (χ0n) is 10.6. The molecule has 0 atom stereocenters. The van der Waals surface area contributed by atoms with Crippen molar-refractivity contribution in [2.45, 2.75) is 6.54 Å². The highest BCUT2D eigenvalue weighted by Gasteiger charge is 2.31. The number of hydrogen-bond donors (Lipinski definition) is 1. The first-order chi connectivity index (χ1) is 10.0. The molecule has 1 aromatic heterocycles. The maximum Gasteiger partial charge on any atom is 0.255 e. The van der Waals surface area contributed by atoms with Crippen molar-refractivity contribution in [2.75, 3.05) is 11.9 Å². The summed E-state index contributed by atoms with van der Waals surface area (Å²) in [6.45, 7) is -0.00861. The Bertz CT molecular complexity index is 720. The Morgan fingerprint density at radius 3 is 3.05 bits per heavy atom. The van der Waals surface area contributed by atoms with Crippen molar-refractivity contribution in [1.29, 1.82) is 0 Å². The fourth-order valence-electron chi connectivity index (χ4n) is 2.13. The highest BCUT2D eigenvalue weighted by atomic mass is 127. The normalized spacial score (nSPS) is 13.4. The lowest BCUT2D eigenvalue weighted by Crippen LogP contribution is -2.33. The van der Waals surface area contributed by atoms with Gasteiger partial charge in [-0.1, -0.05) is 0 Å². The van der Waals surface area contributed by atoms with E-state index in [1.165, 1.54) is 22.3 Å². The fourth-order valence-corrected chi connectivity index (χ4v) is 3.26. The molecule has 2 aromatic rings. The summed E-state index contributed by atoms with van der Waals surface area (Å²) >= 11 is 3.25. The van der Waals surface area contributed by atoms with Crippen LogP contribution < -0.4 is 5.32 Å². The summed E-state index contributed by atoms with van der Waals surface area (Å²) in [7, 11) is 0. The summed E-state index contributed by atoms with van der Waals surface area (Å²) in [5.41, 5.74) is 0.684. The number of nitrogens with one attached hydrogen (secondary N) is 1. The van der Waals surface area contributed by atoms with Crippen LogP contribution >= 0.6 is 33.9 Å². The summed E-state index contributed by atoms with van der Waals surface area (Å²) in [5.74, 6) is -1.08. The predicted molar refractivity (Wildman–Crippen MR) is 84.6 cm³/mol. The molecular formula is C13H9FIN3O2S. The summed E-state index contributed by atoms with van der Waals surface area (Å²) in [6, 6.07) is 3.02. The number of halogens is 2. The summed E-state index contributed by atoms with van der Waals surface area (Å²) < 4.78 is 14.5. The molecule has 1 aromatic carbocycles. The van der Waals surface area contributed by atoms with Gasteiger partial charge in [0.1, 0.15) is 12.4 Å². The standard InChI is InChI=1S/C13H9FIN3O2S/c14-10-4-7(15)3-8-9(10)5-18(12(8)20)6-11(19)17-13-16-1-2-21-13/h1-4H,5-6H2,(H,16,17,19). The first-order valence-electron chi connectivity index (χ1n) is 6.01. The number of anilines is 1. The topological polar surface area (TPSA) is 62.3 Å². The fraction of sp³-hybridized carbons (Fsp3) is 0.154. The van der Waals surface area contributed by atoms with Gasteiger partial charge in [0.05, 0.1) is 6.54 Å². The number of hydrogen-bond acceptors (Lipinski definition) is 4. The van der Waals surface area contributed by atoms with Crippen molar-refractivity contribution in [3.05, 3.63) is 44.2 Å². The number of carbonyl (C=O) groups excluding carboxylic acids is 2. The minimum absolute atomic E-state index is 0.113. The molecule has 0 radical (unpaired) electrons. The Morgan fingerprint density at radius 2 is 2.33 bits per heavy atom. The van der Waals surface area contributed by atoms with E-state index in [1.54, 1.807) is 17.6 Å². The third-order valence-electron chi connectivity index (χ3n) is 3.04. The van der Waals surface area contributed by atoms with Crippen LogP contribution in [0.25, 0.3) is 0 Å². The minimum Gasteiger partial charge on any atom is -0.325 e. The third kappa shape index (κ3) is 2.91. The van der Waals surface area contributed by atoms with E-state index in [-0.39, 0.29) is 24.9 Å². The Hall–Kier alpha value is -1.55. The van der Waals surface area contributed by atoms with E-state index in [2.05, 4.69) is 10.3 Å². The Balaban J connectivity index is 1.73. The van der Waals surface area contributed by atoms with Gasteiger partial charge in [0.25, 0.3) is 5.91 Å².